The molecule has 1 amide bonds. The smallest absolute Gasteiger partial charge is 0.550 e. The first-order valence-electron chi connectivity index (χ1n) is 12.3. The summed E-state index contributed by atoms with van der Waals surface area (Å²) < 4.78 is 23.9. The van der Waals surface area contributed by atoms with Crippen molar-refractivity contribution in [3.63, 3.8) is 0 Å². The first-order valence-corrected chi connectivity index (χ1v) is 12.3. The van der Waals surface area contributed by atoms with E-state index in [1.54, 1.807) is 21.0 Å². The maximum atomic E-state index is 12.7. The van der Waals surface area contributed by atoms with Crippen LogP contribution in [0.2, 0.25) is 0 Å². The van der Waals surface area contributed by atoms with E-state index in [1.165, 1.54) is 5.57 Å². The van der Waals surface area contributed by atoms with Crippen LogP contribution < -0.4 is 40.0 Å². The van der Waals surface area contributed by atoms with Gasteiger partial charge in [0.25, 0.3) is 0 Å². The number of allylic oxidation sites excluding steroid dienone is 1. The Kier molecular flexibility index (Phi) is 8.74. The molecule has 9 nitrogen and oxygen atoms in total. The van der Waals surface area contributed by atoms with Gasteiger partial charge >= 0.3 is 35.7 Å². The van der Waals surface area contributed by atoms with E-state index in [0.717, 1.165) is 12.8 Å². The van der Waals surface area contributed by atoms with Crippen molar-refractivity contribution in [3.8, 4) is 0 Å². The zero-order valence-electron chi connectivity index (χ0n) is 22.2. The van der Waals surface area contributed by atoms with Crippen molar-refractivity contribution in [1.82, 2.24) is 10.2 Å². The number of nitrogens with one attached hydrogen (secondary N) is 1. The molecule has 4 fully saturated rings. The Bertz CT molecular complexity index is 836. The van der Waals surface area contributed by atoms with Crippen molar-refractivity contribution in [3.05, 3.63) is 11.6 Å². The summed E-state index contributed by atoms with van der Waals surface area (Å²) in [6.07, 6.45) is 3.45. The molecule has 1 N–H and O–H groups in total. The molecule has 3 aliphatic heterocycles. The Hall–Kier alpha value is -0.680. The van der Waals surface area contributed by atoms with Gasteiger partial charge in [-0.05, 0) is 40.0 Å². The Morgan fingerprint density at radius 3 is 2.49 bits per heavy atom. The van der Waals surface area contributed by atoms with E-state index in [4.69, 9.17) is 18.9 Å². The van der Waals surface area contributed by atoms with Gasteiger partial charge in [0.2, 0.25) is 0 Å². The summed E-state index contributed by atoms with van der Waals surface area (Å²) >= 11 is 0. The molecule has 0 bridgehead atoms. The summed E-state index contributed by atoms with van der Waals surface area (Å²) in [7, 11) is 1.66. The molecule has 1 saturated carbocycles. The van der Waals surface area contributed by atoms with E-state index < -0.39 is 17.5 Å². The van der Waals surface area contributed by atoms with Gasteiger partial charge in [-0.1, -0.05) is 25.5 Å². The molecule has 3 heterocycles. The van der Waals surface area contributed by atoms with E-state index >= 15 is 0 Å². The third-order valence-corrected chi connectivity index (χ3v) is 7.95. The Labute approximate surface area is 230 Å². The number of alkyl carbamates (subject to hydrolysis) is 1. The molecule has 35 heavy (non-hydrogen) atoms. The second-order valence-electron chi connectivity index (χ2n) is 11.5. The van der Waals surface area contributed by atoms with Crippen LogP contribution >= 0.6 is 0 Å². The number of ether oxygens (including phenoxy) is 4. The van der Waals surface area contributed by atoms with Gasteiger partial charge in [-0.2, -0.15) is 0 Å². The third kappa shape index (κ3) is 6.08. The zero-order chi connectivity index (χ0) is 24.9. The Morgan fingerprint density at radius 1 is 1.29 bits per heavy atom. The van der Waals surface area contributed by atoms with Crippen molar-refractivity contribution in [1.29, 1.82) is 0 Å². The molecule has 192 valence electrons. The molecule has 4 aliphatic rings. The molecule has 0 radical (unpaired) electrons. The van der Waals surface area contributed by atoms with Crippen LogP contribution in [0.15, 0.2) is 11.6 Å². The largest absolute Gasteiger partial charge is 1.00 e. The SMILES string of the molecule is CO[C@@H]1[C@H](OC(=O)NC2CN(CC(C)(C)C(=O)[O-])C2)CC[C@]2(CO2)[C@H]1[C@@]1(C)O[C@@H]1CC=C(C)C.[Na+]. The topological polar surface area (TPSA) is 116 Å². The monoisotopic (exact) mass is 502 g/mol. The van der Waals surface area contributed by atoms with Crippen LogP contribution in [0.4, 0.5) is 4.79 Å². The predicted octanol–water partition coefficient (Wildman–Crippen LogP) is -1.75. The minimum atomic E-state index is -1.07. The molecule has 10 heteroatoms. The van der Waals surface area contributed by atoms with Crippen LogP contribution in [0, 0.1) is 11.3 Å². The normalized spacial score (nSPS) is 36.5. The minimum absolute atomic E-state index is 0. The van der Waals surface area contributed by atoms with Gasteiger partial charge in [-0.3, -0.25) is 4.90 Å². The number of carbonyl (C=O) groups excluding carboxylic acids is 2. The van der Waals surface area contributed by atoms with Crippen LogP contribution in [-0.4, -0.2) is 85.9 Å². The van der Waals surface area contributed by atoms with Gasteiger partial charge < -0.3 is 34.2 Å². The van der Waals surface area contributed by atoms with E-state index in [0.29, 0.717) is 32.7 Å². The molecule has 1 aliphatic carbocycles. The average molecular weight is 503 g/mol. The van der Waals surface area contributed by atoms with Crippen molar-refractivity contribution in [2.24, 2.45) is 11.3 Å². The fourth-order valence-electron chi connectivity index (χ4n) is 5.82. The minimum Gasteiger partial charge on any atom is -0.550 e. The number of hydrogen-bond acceptors (Lipinski definition) is 8. The standard InChI is InChI=1S/C25H40N2O7.Na/c1-15(2)7-8-18-24(5,34-18)20-19(31-6)17(9-10-25(20)14-32-25)33-22(30)26-16-11-27(12-16)13-23(3,4)21(28)29;/h7,16-20H,8-14H2,1-6H3,(H,26,30)(H,28,29);/q;+1/p-1/t17-,18-,19-,20-,24+,25+;/m1./s1. The number of amides is 1. The molecule has 4 rings (SSSR count). The van der Waals surface area contributed by atoms with Gasteiger partial charge in [-0.15, -0.1) is 0 Å². The van der Waals surface area contributed by atoms with E-state index in [-0.39, 0.29) is 71.0 Å². The van der Waals surface area contributed by atoms with Crippen LogP contribution in [-0.2, 0) is 23.7 Å². The molecule has 0 aromatic rings. The fraction of sp³-hybridized carbons (Fsp3) is 0.840. The van der Waals surface area contributed by atoms with Crippen molar-refractivity contribution in [2.45, 2.75) is 89.4 Å². The number of likely N-dealkylation sites (tertiary alicyclic amines) is 1. The molecule has 6 atom stereocenters. The van der Waals surface area contributed by atoms with E-state index in [2.05, 4.69) is 32.2 Å². The fourth-order valence-corrected chi connectivity index (χ4v) is 5.82. The van der Waals surface area contributed by atoms with Crippen LogP contribution in [0.1, 0.15) is 53.9 Å². The number of epoxide rings is 2. The van der Waals surface area contributed by atoms with Crippen LogP contribution in [0.3, 0.4) is 0 Å². The number of aliphatic carboxylic acids is 1. The molecule has 1 spiro atoms. The number of methoxy groups -OCH3 is 1. The van der Waals surface area contributed by atoms with E-state index in [9.17, 15) is 14.7 Å². The predicted molar refractivity (Wildman–Crippen MR) is 122 cm³/mol. The third-order valence-electron chi connectivity index (χ3n) is 7.95. The number of rotatable bonds is 9. The quantitative estimate of drug-likeness (QED) is 0.224. The van der Waals surface area contributed by atoms with Crippen molar-refractivity contribution >= 4 is 12.1 Å². The maximum absolute atomic E-state index is 12.7. The number of hydrogen-bond donors (Lipinski definition) is 1. The van der Waals surface area contributed by atoms with Crippen molar-refractivity contribution < 1.29 is 63.2 Å². The molecule has 3 saturated heterocycles. The number of nitrogens with zero attached hydrogens (tertiary/aromatic N) is 1. The van der Waals surface area contributed by atoms with Crippen molar-refractivity contribution in [2.75, 3.05) is 33.4 Å². The first kappa shape index (κ1) is 28.9. The summed E-state index contributed by atoms with van der Waals surface area (Å²) in [5.74, 6) is -1.09. The van der Waals surface area contributed by atoms with Gasteiger partial charge in [0.05, 0.1) is 24.7 Å². The summed E-state index contributed by atoms with van der Waals surface area (Å²) in [6, 6.07) is -0.0683. The van der Waals surface area contributed by atoms with Crippen LogP contribution in [0.5, 0.6) is 0 Å². The molecular formula is C25H39N2NaO7. The summed E-state index contributed by atoms with van der Waals surface area (Å²) in [6.45, 7) is 11.8. The Balaban J connectivity index is 0.00000342. The number of carboxylic acids is 1. The maximum Gasteiger partial charge on any atom is 1.00 e. The number of carbonyl (C=O) groups is 2. The molecule has 0 aromatic carbocycles. The summed E-state index contributed by atoms with van der Waals surface area (Å²) in [4.78, 5) is 25.9. The first-order chi connectivity index (χ1) is 15.9. The van der Waals surface area contributed by atoms with Gasteiger partial charge in [0.1, 0.15) is 23.4 Å². The van der Waals surface area contributed by atoms with Gasteiger partial charge in [0, 0.05) is 38.1 Å². The zero-order valence-corrected chi connectivity index (χ0v) is 24.2. The average Bonchev–Trinajstić information content (AvgIpc) is 3.63. The van der Waals surface area contributed by atoms with Crippen LogP contribution in [0.25, 0.3) is 0 Å². The molecule has 0 unspecified atom stereocenters. The second kappa shape index (κ2) is 10.6. The molecular weight excluding hydrogens is 463 g/mol. The summed E-state index contributed by atoms with van der Waals surface area (Å²) in [5.41, 5.74) is -0.300. The second-order valence-corrected chi connectivity index (χ2v) is 11.5. The Morgan fingerprint density at radius 2 is 1.94 bits per heavy atom. The number of carboxylic acid groups (broad SMARTS) is 1. The van der Waals surface area contributed by atoms with E-state index in [1.807, 2.05) is 4.90 Å². The molecule has 0 aromatic heterocycles. The van der Waals surface area contributed by atoms with Gasteiger partial charge in [0.15, 0.2) is 0 Å². The summed E-state index contributed by atoms with van der Waals surface area (Å²) in [5, 5.41) is 14.1. The van der Waals surface area contributed by atoms with Gasteiger partial charge in [-0.25, -0.2) is 4.79 Å².